The molecule has 3 rings (SSSR count). The molecule has 0 aromatic heterocycles. The van der Waals surface area contributed by atoms with E-state index in [0.29, 0.717) is 16.8 Å². The number of nitrogens with two attached hydrogens (primary N) is 1. The molecule has 150 valence electrons. The number of nitrogens with one attached hydrogen (secondary N) is 3. The van der Waals surface area contributed by atoms with Crippen molar-refractivity contribution in [2.24, 2.45) is 10.7 Å². The molecular formula is C21H23N5O3. The molecule has 2 aromatic carbocycles. The van der Waals surface area contributed by atoms with E-state index in [1.165, 1.54) is 7.05 Å². The molecule has 0 saturated carbocycles. The van der Waals surface area contributed by atoms with E-state index in [-0.39, 0.29) is 18.3 Å². The molecule has 5 N–H and O–H groups in total. The van der Waals surface area contributed by atoms with E-state index >= 15 is 0 Å². The minimum Gasteiger partial charge on any atom is -0.367 e. The van der Waals surface area contributed by atoms with Gasteiger partial charge in [0.05, 0.1) is 6.67 Å². The highest BCUT2D eigenvalue weighted by Gasteiger charge is 2.49. The normalized spacial score (nSPS) is 18.1. The summed E-state index contributed by atoms with van der Waals surface area (Å²) in [4.78, 5) is 41.2. The molecule has 1 heterocycles. The molecule has 2 aromatic rings. The Morgan fingerprint density at radius 2 is 1.79 bits per heavy atom. The van der Waals surface area contributed by atoms with Crippen LogP contribution in [0.1, 0.15) is 28.4 Å². The summed E-state index contributed by atoms with van der Waals surface area (Å²) in [6, 6.07) is 14.0. The zero-order chi connectivity index (χ0) is 21.0. The van der Waals surface area contributed by atoms with Crippen molar-refractivity contribution in [1.82, 2.24) is 10.6 Å². The zero-order valence-corrected chi connectivity index (χ0v) is 16.3. The predicted octanol–water partition coefficient (Wildman–Crippen LogP) is 0.930. The number of rotatable bonds is 6. The molecular weight excluding hydrogens is 370 g/mol. The Bertz CT molecular complexity index is 984. The van der Waals surface area contributed by atoms with Gasteiger partial charge < -0.3 is 16.4 Å². The number of carbonyl (C=O) groups is 3. The standard InChI is InChI=1S/C21H23N5O3/c1-3-13-6-4-5-7-16(13)18(27)26-15-10-8-14(9-11-15)21(20(22)29)17(19(28)23-2)24-12-25-21/h4-11,25H,3,12H2,1-2H3,(H2,22,29)(H,23,28)(H,26,27). The average Bonchev–Trinajstić information content (AvgIpc) is 3.20. The highest BCUT2D eigenvalue weighted by Crippen LogP contribution is 2.28. The van der Waals surface area contributed by atoms with Gasteiger partial charge >= 0.3 is 0 Å². The third kappa shape index (κ3) is 3.62. The smallest absolute Gasteiger partial charge is 0.267 e. The van der Waals surface area contributed by atoms with Gasteiger partial charge in [0.2, 0.25) is 5.91 Å². The summed E-state index contributed by atoms with van der Waals surface area (Å²) in [6.07, 6.45) is 0.747. The van der Waals surface area contributed by atoms with Gasteiger partial charge in [-0.2, -0.15) is 0 Å². The Kier molecular flexibility index (Phi) is 5.74. The SMILES string of the molecule is CCc1ccccc1C(=O)Nc1ccc(C2(C(N)=O)NCN=C2C(=O)NC)cc1. The van der Waals surface area contributed by atoms with Crippen molar-refractivity contribution in [3.05, 3.63) is 65.2 Å². The monoisotopic (exact) mass is 393 g/mol. The van der Waals surface area contributed by atoms with E-state index in [0.717, 1.165) is 12.0 Å². The average molecular weight is 393 g/mol. The Hall–Kier alpha value is -3.52. The fourth-order valence-electron chi connectivity index (χ4n) is 3.44. The van der Waals surface area contributed by atoms with Crippen LogP contribution >= 0.6 is 0 Å². The van der Waals surface area contributed by atoms with Gasteiger partial charge in [-0.05, 0) is 35.7 Å². The molecule has 1 atom stereocenters. The van der Waals surface area contributed by atoms with Crippen molar-refractivity contribution in [2.75, 3.05) is 19.0 Å². The Labute approximate surface area is 168 Å². The van der Waals surface area contributed by atoms with Crippen LogP contribution in [0.3, 0.4) is 0 Å². The second kappa shape index (κ2) is 8.24. The first-order valence-electron chi connectivity index (χ1n) is 9.25. The van der Waals surface area contributed by atoms with Crippen LogP contribution in [0.4, 0.5) is 5.69 Å². The van der Waals surface area contributed by atoms with Gasteiger partial charge in [-0.15, -0.1) is 0 Å². The first-order chi connectivity index (χ1) is 13.9. The highest BCUT2D eigenvalue weighted by molar-refractivity contribution is 6.47. The molecule has 0 saturated heterocycles. The molecule has 8 heteroatoms. The fourth-order valence-corrected chi connectivity index (χ4v) is 3.44. The molecule has 0 bridgehead atoms. The van der Waals surface area contributed by atoms with Crippen molar-refractivity contribution in [1.29, 1.82) is 0 Å². The number of hydrogen-bond donors (Lipinski definition) is 4. The van der Waals surface area contributed by atoms with Gasteiger partial charge in [0, 0.05) is 18.3 Å². The number of benzene rings is 2. The number of amides is 3. The fraction of sp³-hybridized carbons (Fsp3) is 0.238. The predicted molar refractivity (Wildman–Crippen MR) is 111 cm³/mol. The Morgan fingerprint density at radius 1 is 1.10 bits per heavy atom. The van der Waals surface area contributed by atoms with Crippen LogP contribution in [0.2, 0.25) is 0 Å². The van der Waals surface area contributed by atoms with E-state index in [4.69, 9.17) is 5.73 Å². The third-order valence-corrected chi connectivity index (χ3v) is 4.97. The lowest BCUT2D eigenvalue weighted by Crippen LogP contribution is -2.58. The molecule has 0 radical (unpaired) electrons. The van der Waals surface area contributed by atoms with Crippen LogP contribution in [0.5, 0.6) is 0 Å². The van der Waals surface area contributed by atoms with E-state index < -0.39 is 17.4 Å². The van der Waals surface area contributed by atoms with Crippen LogP contribution in [0.25, 0.3) is 0 Å². The lowest BCUT2D eigenvalue weighted by atomic mass is 9.84. The summed E-state index contributed by atoms with van der Waals surface area (Å²) in [5.41, 5.74) is 6.73. The zero-order valence-electron chi connectivity index (χ0n) is 16.3. The molecule has 3 amide bonds. The van der Waals surface area contributed by atoms with Crippen molar-refractivity contribution in [3.8, 4) is 0 Å². The number of aliphatic imine (C=N–C) groups is 1. The van der Waals surface area contributed by atoms with Gasteiger partial charge in [-0.1, -0.05) is 37.3 Å². The summed E-state index contributed by atoms with van der Waals surface area (Å²) in [5.74, 6) is -1.43. The lowest BCUT2D eigenvalue weighted by Gasteiger charge is -2.27. The molecule has 1 unspecified atom stereocenters. The highest BCUT2D eigenvalue weighted by atomic mass is 16.2. The van der Waals surface area contributed by atoms with Gasteiger partial charge in [-0.25, -0.2) is 0 Å². The minimum absolute atomic E-state index is 0.0150. The Balaban J connectivity index is 1.87. The largest absolute Gasteiger partial charge is 0.367 e. The van der Waals surface area contributed by atoms with E-state index in [1.54, 1.807) is 30.3 Å². The number of nitrogens with zero attached hydrogens (tertiary/aromatic N) is 1. The van der Waals surface area contributed by atoms with Crippen LogP contribution < -0.4 is 21.7 Å². The maximum atomic E-state index is 12.6. The summed E-state index contributed by atoms with van der Waals surface area (Å²) >= 11 is 0. The van der Waals surface area contributed by atoms with Crippen molar-refractivity contribution in [3.63, 3.8) is 0 Å². The van der Waals surface area contributed by atoms with Crippen LogP contribution in [0, 0.1) is 0 Å². The number of anilines is 1. The van der Waals surface area contributed by atoms with Crippen LogP contribution in [0.15, 0.2) is 53.5 Å². The maximum absolute atomic E-state index is 12.6. The van der Waals surface area contributed by atoms with Crippen molar-refractivity contribution in [2.45, 2.75) is 18.9 Å². The number of hydrogen-bond acceptors (Lipinski definition) is 5. The van der Waals surface area contributed by atoms with Crippen LogP contribution in [-0.4, -0.2) is 37.1 Å². The first-order valence-corrected chi connectivity index (χ1v) is 9.25. The topological polar surface area (TPSA) is 126 Å². The van der Waals surface area contributed by atoms with Gasteiger partial charge in [-0.3, -0.25) is 24.7 Å². The van der Waals surface area contributed by atoms with Gasteiger partial charge in [0.1, 0.15) is 5.71 Å². The molecule has 1 aliphatic rings. The summed E-state index contributed by atoms with van der Waals surface area (Å²) in [7, 11) is 1.46. The van der Waals surface area contributed by atoms with Gasteiger partial charge in [0.15, 0.2) is 5.54 Å². The second-order valence-electron chi connectivity index (χ2n) is 6.58. The second-order valence-corrected chi connectivity index (χ2v) is 6.58. The first kappa shape index (κ1) is 20.2. The molecule has 0 fully saturated rings. The van der Waals surface area contributed by atoms with Crippen molar-refractivity contribution >= 4 is 29.1 Å². The molecule has 0 spiro atoms. The van der Waals surface area contributed by atoms with Gasteiger partial charge in [0.25, 0.3) is 11.8 Å². The summed E-state index contributed by atoms with van der Waals surface area (Å²) in [5, 5.41) is 8.26. The quantitative estimate of drug-likeness (QED) is 0.582. The number of carbonyl (C=O) groups excluding carboxylic acids is 3. The van der Waals surface area contributed by atoms with E-state index in [2.05, 4.69) is 20.9 Å². The van der Waals surface area contributed by atoms with Crippen LogP contribution in [-0.2, 0) is 21.5 Å². The Morgan fingerprint density at radius 3 is 2.41 bits per heavy atom. The lowest BCUT2D eigenvalue weighted by molar-refractivity contribution is -0.123. The number of primary amides is 1. The molecule has 0 aliphatic carbocycles. The molecule has 29 heavy (non-hydrogen) atoms. The van der Waals surface area contributed by atoms with E-state index in [9.17, 15) is 14.4 Å². The van der Waals surface area contributed by atoms with Crippen molar-refractivity contribution < 1.29 is 14.4 Å². The minimum atomic E-state index is -1.52. The van der Waals surface area contributed by atoms with E-state index in [1.807, 2.05) is 25.1 Å². The summed E-state index contributed by atoms with van der Waals surface area (Å²) < 4.78 is 0. The maximum Gasteiger partial charge on any atom is 0.267 e. The molecule has 8 nitrogen and oxygen atoms in total. The summed E-state index contributed by atoms with van der Waals surface area (Å²) in [6.45, 7) is 2.09. The molecule has 1 aliphatic heterocycles. The number of aryl methyl sites for hydroxylation is 1. The third-order valence-electron chi connectivity index (χ3n) is 4.97.